The minimum Gasteiger partial charge on any atom is -0.480 e. The number of aliphatic hydroxyl groups is 1. The molecule has 2 aliphatic rings. The SMILES string of the molecule is CC[C@H](C)[C@H](N)C(=O)N1CCC[C@H]1C(=O)N[C@H](C(=O)N1CCC[C@H]1C(=O)N[C@H](C(=O)N[C@@H](CC(C)C)C(=O)N[C@H](C(=O)N[C@@H](Cc1ccccc1)C(=O)N[C@@H](CCCNC(=N)N)C(=O)O)[C@@H](C)CC)[C@@H](C)CC)[C@@H](C)O. The molecule has 76 heavy (non-hydrogen) atoms. The minimum absolute atomic E-state index is 0.00579. The van der Waals surface area contributed by atoms with Crippen molar-refractivity contribution in [3.63, 3.8) is 0 Å². The van der Waals surface area contributed by atoms with Gasteiger partial charge in [-0.2, -0.15) is 0 Å². The number of nitrogens with zero attached hydrogens (tertiary/aromatic N) is 2. The van der Waals surface area contributed by atoms with Gasteiger partial charge in [0.2, 0.25) is 47.3 Å². The van der Waals surface area contributed by atoms with Gasteiger partial charge in [0.15, 0.2) is 5.96 Å². The van der Waals surface area contributed by atoms with E-state index in [2.05, 4.69) is 37.2 Å². The molecule has 0 aliphatic carbocycles. The van der Waals surface area contributed by atoms with E-state index in [1.807, 2.05) is 41.5 Å². The average molecular weight is 1070 g/mol. The van der Waals surface area contributed by atoms with Gasteiger partial charge in [0.1, 0.15) is 48.3 Å². The quantitative estimate of drug-likeness (QED) is 0.0281. The number of carbonyl (C=O) groups is 9. The molecule has 0 bridgehead atoms. The summed E-state index contributed by atoms with van der Waals surface area (Å²) in [5.74, 6) is -8.07. The number of amides is 8. The first-order valence-corrected chi connectivity index (χ1v) is 27.1. The lowest BCUT2D eigenvalue weighted by Gasteiger charge is -2.33. The predicted molar refractivity (Wildman–Crippen MR) is 285 cm³/mol. The van der Waals surface area contributed by atoms with Gasteiger partial charge in [0, 0.05) is 26.1 Å². The Hall–Kier alpha value is -6.36. The summed E-state index contributed by atoms with van der Waals surface area (Å²) in [6.07, 6.45) is 1.97. The van der Waals surface area contributed by atoms with E-state index >= 15 is 0 Å². The fraction of sp³-hybridized carbons (Fsp3) is 0.698. The van der Waals surface area contributed by atoms with Crippen molar-refractivity contribution in [2.24, 2.45) is 35.1 Å². The first-order chi connectivity index (χ1) is 35.9. The van der Waals surface area contributed by atoms with Crippen LogP contribution in [-0.2, 0) is 49.6 Å². The molecule has 0 spiro atoms. The highest BCUT2D eigenvalue weighted by Gasteiger charge is 2.44. The van der Waals surface area contributed by atoms with Gasteiger partial charge in [0.05, 0.1) is 12.1 Å². The summed E-state index contributed by atoms with van der Waals surface area (Å²) in [7, 11) is 0. The second-order valence-corrected chi connectivity index (χ2v) is 21.1. The fourth-order valence-electron chi connectivity index (χ4n) is 9.36. The summed E-state index contributed by atoms with van der Waals surface area (Å²) in [6.45, 7) is 16.6. The summed E-state index contributed by atoms with van der Waals surface area (Å²) in [5, 5.41) is 47.1. The highest BCUT2D eigenvalue weighted by Crippen LogP contribution is 2.24. The van der Waals surface area contributed by atoms with Crippen LogP contribution < -0.4 is 48.7 Å². The van der Waals surface area contributed by atoms with Crippen molar-refractivity contribution < 1.29 is 53.4 Å². The molecule has 426 valence electrons. The number of rotatable bonds is 30. The highest BCUT2D eigenvalue weighted by atomic mass is 16.4. The Bertz CT molecular complexity index is 2150. The lowest BCUT2D eigenvalue weighted by molar-refractivity contribution is -0.146. The predicted octanol–water partition coefficient (Wildman–Crippen LogP) is 0.360. The third-order valence-electron chi connectivity index (χ3n) is 14.7. The molecule has 2 saturated heterocycles. The third-order valence-corrected chi connectivity index (χ3v) is 14.7. The maximum absolute atomic E-state index is 14.4. The van der Waals surface area contributed by atoms with Crippen LogP contribution in [0.15, 0.2) is 30.3 Å². The number of hydrogen-bond acceptors (Lipinski definition) is 12. The molecule has 14 N–H and O–H groups in total. The van der Waals surface area contributed by atoms with Gasteiger partial charge in [-0.25, -0.2) is 4.79 Å². The van der Waals surface area contributed by atoms with Crippen molar-refractivity contribution in [3.05, 3.63) is 35.9 Å². The number of nitrogens with two attached hydrogens (primary N) is 2. The van der Waals surface area contributed by atoms with Gasteiger partial charge in [-0.1, -0.05) is 105 Å². The molecule has 2 heterocycles. The van der Waals surface area contributed by atoms with Crippen LogP contribution in [0.3, 0.4) is 0 Å². The summed E-state index contributed by atoms with van der Waals surface area (Å²) in [6, 6.07) is -1.70. The van der Waals surface area contributed by atoms with Crippen molar-refractivity contribution in [1.29, 1.82) is 5.41 Å². The van der Waals surface area contributed by atoms with Crippen LogP contribution in [0.1, 0.15) is 132 Å². The lowest BCUT2D eigenvalue weighted by atomic mass is 9.94. The van der Waals surface area contributed by atoms with E-state index in [-0.39, 0.29) is 68.9 Å². The van der Waals surface area contributed by atoms with Crippen molar-refractivity contribution in [2.45, 2.75) is 193 Å². The van der Waals surface area contributed by atoms with Crippen LogP contribution in [0.5, 0.6) is 0 Å². The lowest BCUT2D eigenvalue weighted by Crippen LogP contribution is -2.62. The zero-order chi connectivity index (χ0) is 57.0. The number of carboxylic acids is 1. The Kier molecular flexibility index (Phi) is 26.1. The number of carboxylic acid groups (broad SMARTS) is 1. The summed E-state index contributed by atoms with van der Waals surface area (Å²) in [5.41, 5.74) is 12.2. The molecular formula is C53H88N12O11. The number of benzene rings is 1. The van der Waals surface area contributed by atoms with Gasteiger partial charge in [-0.15, -0.1) is 0 Å². The van der Waals surface area contributed by atoms with Gasteiger partial charge < -0.3 is 68.7 Å². The van der Waals surface area contributed by atoms with E-state index in [0.717, 1.165) is 0 Å². The highest BCUT2D eigenvalue weighted by molar-refractivity contribution is 5.98. The average Bonchev–Trinajstić information content (AvgIpc) is 4.09. The Morgan fingerprint density at radius 1 is 0.645 bits per heavy atom. The summed E-state index contributed by atoms with van der Waals surface area (Å²) < 4.78 is 0. The molecule has 1 aromatic carbocycles. The second kappa shape index (κ2) is 31.0. The monoisotopic (exact) mass is 1070 g/mol. The van der Waals surface area contributed by atoms with Crippen LogP contribution in [-0.4, -0.2) is 159 Å². The van der Waals surface area contributed by atoms with E-state index in [1.165, 1.54) is 16.7 Å². The van der Waals surface area contributed by atoms with Gasteiger partial charge in [-0.3, -0.25) is 43.8 Å². The zero-order valence-corrected chi connectivity index (χ0v) is 46.0. The first-order valence-electron chi connectivity index (χ1n) is 27.1. The molecule has 2 aliphatic heterocycles. The Morgan fingerprint density at radius 3 is 1.61 bits per heavy atom. The van der Waals surface area contributed by atoms with Gasteiger partial charge in [0.25, 0.3) is 0 Å². The molecule has 1 aromatic rings. The van der Waals surface area contributed by atoms with E-state index in [1.54, 1.807) is 44.2 Å². The number of guanidine groups is 1. The van der Waals surface area contributed by atoms with E-state index in [9.17, 15) is 53.4 Å². The zero-order valence-electron chi connectivity index (χ0n) is 46.0. The molecule has 3 rings (SSSR count). The van der Waals surface area contributed by atoms with Crippen LogP contribution >= 0.6 is 0 Å². The number of hydrogen-bond donors (Lipinski definition) is 12. The Labute approximate surface area is 447 Å². The molecule has 13 atom stereocenters. The molecule has 23 heteroatoms. The van der Waals surface area contributed by atoms with Crippen LogP contribution in [0.2, 0.25) is 0 Å². The summed E-state index contributed by atoms with van der Waals surface area (Å²) >= 11 is 0. The maximum Gasteiger partial charge on any atom is 0.326 e. The van der Waals surface area contributed by atoms with Gasteiger partial charge >= 0.3 is 5.97 Å². The van der Waals surface area contributed by atoms with Crippen LogP contribution in [0, 0.1) is 29.1 Å². The van der Waals surface area contributed by atoms with Gasteiger partial charge in [-0.05, 0) is 81.1 Å². The molecule has 0 saturated carbocycles. The first kappa shape index (κ1) is 63.9. The summed E-state index contributed by atoms with van der Waals surface area (Å²) in [4.78, 5) is 127. The van der Waals surface area contributed by atoms with Crippen molar-refractivity contribution in [2.75, 3.05) is 19.6 Å². The maximum atomic E-state index is 14.4. The van der Waals surface area contributed by atoms with Crippen molar-refractivity contribution >= 4 is 59.2 Å². The number of aliphatic carboxylic acids is 1. The standard InChI is InChI=1S/C53H88N12O11/c1-10-30(6)40(54)50(73)64-25-17-22-38(64)47(70)63-43(33(9)66)51(74)65-26-18-23-39(65)46(69)62-42(32(8)12-3)49(72)59-36(27-29(4)5)45(68)61-41(31(7)11-2)48(71)60-37(28-34-19-14-13-15-20-34)44(67)58-35(52(75)76)21-16-24-57-53(55)56/h13-15,19-20,29-33,35-43,66H,10-12,16-18,21-28,54H2,1-9H3,(H,58,67)(H,59,72)(H,60,71)(H,61,68)(H,62,69)(H,63,70)(H,75,76)(H4,55,56,57)/t30-,31-,32-,33+,35-,36-,37-,38-,39-,40-,41-,42-,43-/m0/s1. The van der Waals surface area contributed by atoms with E-state index in [4.69, 9.17) is 16.9 Å². The molecule has 8 amide bonds. The molecule has 2 fully saturated rings. The van der Waals surface area contributed by atoms with E-state index < -0.39 is 120 Å². The normalized spacial score (nSPS) is 19.7. The topological polar surface area (TPSA) is 361 Å². The molecule has 0 aromatic heterocycles. The number of aliphatic hydroxyl groups excluding tert-OH is 1. The third kappa shape index (κ3) is 18.7. The second-order valence-electron chi connectivity index (χ2n) is 21.1. The Balaban J connectivity index is 1.82. The smallest absolute Gasteiger partial charge is 0.326 e. The molecular weight excluding hydrogens is 981 g/mol. The number of likely N-dealkylation sites (tertiary alicyclic amines) is 2. The van der Waals surface area contributed by atoms with Crippen LogP contribution in [0.25, 0.3) is 0 Å². The Morgan fingerprint density at radius 2 is 1.12 bits per heavy atom. The largest absolute Gasteiger partial charge is 0.480 e. The molecule has 0 unspecified atom stereocenters. The minimum atomic E-state index is -1.46. The fourth-order valence-corrected chi connectivity index (χ4v) is 9.36. The van der Waals surface area contributed by atoms with E-state index in [0.29, 0.717) is 50.6 Å². The van der Waals surface area contributed by atoms with Crippen molar-refractivity contribution in [1.82, 2.24) is 47.0 Å². The molecule has 23 nitrogen and oxygen atoms in total. The van der Waals surface area contributed by atoms with Crippen molar-refractivity contribution in [3.8, 4) is 0 Å². The number of nitrogens with one attached hydrogen (secondary N) is 8. The number of carbonyl (C=O) groups excluding carboxylic acids is 8. The van der Waals surface area contributed by atoms with Crippen LogP contribution in [0.4, 0.5) is 0 Å². The molecule has 0 radical (unpaired) electrons.